The first kappa shape index (κ1) is 37.4. The minimum absolute atomic E-state index is 0.00197. The number of benzene rings is 3. The van der Waals surface area contributed by atoms with Crippen molar-refractivity contribution in [3.8, 4) is 5.69 Å². The molecular formula is C35H26ClF7N8O4S. The second kappa shape index (κ2) is 13.0. The number of aromatic nitrogens is 6. The highest BCUT2D eigenvalue weighted by atomic mass is 35.5. The number of hydrogen-bond acceptors (Lipinski definition) is 7. The second-order valence-electron chi connectivity index (χ2n) is 13.7. The average molecular weight is 823 g/mol. The van der Waals surface area contributed by atoms with Crippen LogP contribution < -0.4 is 15.6 Å². The van der Waals surface area contributed by atoms with Crippen LogP contribution in [0.5, 0.6) is 0 Å². The van der Waals surface area contributed by atoms with Gasteiger partial charge in [0, 0.05) is 37.1 Å². The SMILES string of the molecule is Cn1nc(NS(C)(=O)=O)c2c(Cl)ccc(-n3c([C@H](Cc4cc(F)cc(F)c4)NC(=O)Cn4nc(C(F)F)c5c4C(F)(F)[C@@H]4C[C@H]54)nc4cc(F)ccc4c3=O)c21. The molecule has 0 aliphatic heterocycles. The van der Waals surface area contributed by atoms with Crippen LogP contribution in [-0.4, -0.2) is 49.7 Å². The Bertz CT molecular complexity index is 2810. The van der Waals surface area contributed by atoms with Gasteiger partial charge in [0.05, 0.1) is 44.8 Å². The molecule has 3 aromatic heterocycles. The molecule has 3 aromatic carbocycles. The number of halogens is 8. The lowest BCUT2D eigenvalue weighted by molar-refractivity contribution is -0.123. The molecule has 3 heterocycles. The van der Waals surface area contributed by atoms with Crippen LogP contribution in [0.4, 0.5) is 36.6 Å². The van der Waals surface area contributed by atoms with Gasteiger partial charge in [0.25, 0.3) is 17.9 Å². The lowest BCUT2D eigenvalue weighted by Gasteiger charge is -2.24. The predicted molar refractivity (Wildman–Crippen MR) is 188 cm³/mol. The van der Waals surface area contributed by atoms with E-state index in [1.165, 1.54) is 23.9 Å². The molecule has 0 unspecified atom stereocenters. The van der Waals surface area contributed by atoms with Gasteiger partial charge in [-0.2, -0.15) is 19.0 Å². The molecule has 2 N–H and O–H groups in total. The Labute approximate surface area is 315 Å². The number of rotatable bonds is 10. The molecule has 21 heteroatoms. The van der Waals surface area contributed by atoms with Gasteiger partial charge in [0.1, 0.15) is 41.2 Å². The summed E-state index contributed by atoms with van der Waals surface area (Å²) >= 11 is 6.53. The molecule has 3 atom stereocenters. The monoisotopic (exact) mass is 822 g/mol. The fourth-order valence-corrected chi connectivity index (χ4v) is 8.29. The Kier molecular flexibility index (Phi) is 8.71. The average Bonchev–Trinajstić information content (AvgIpc) is 3.63. The summed E-state index contributed by atoms with van der Waals surface area (Å²) in [4.78, 5) is 32.9. The summed E-state index contributed by atoms with van der Waals surface area (Å²) in [7, 11) is -2.50. The highest BCUT2D eigenvalue weighted by molar-refractivity contribution is 7.92. The number of amides is 1. The minimum atomic E-state index is -3.91. The molecule has 56 heavy (non-hydrogen) atoms. The van der Waals surface area contributed by atoms with Crippen LogP contribution >= 0.6 is 11.6 Å². The third kappa shape index (κ3) is 6.33. The maximum Gasteiger partial charge on any atom is 0.293 e. The smallest absolute Gasteiger partial charge is 0.293 e. The van der Waals surface area contributed by atoms with Crippen molar-refractivity contribution in [3.05, 3.63) is 110 Å². The number of nitrogens with zero attached hydrogens (tertiary/aromatic N) is 6. The van der Waals surface area contributed by atoms with E-state index in [9.17, 15) is 40.0 Å². The lowest BCUT2D eigenvalue weighted by atomic mass is 10.0. The van der Waals surface area contributed by atoms with Crippen LogP contribution in [0.3, 0.4) is 0 Å². The summed E-state index contributed by atoms with van der Waals surface area (Å²) in [5.74, 6) is -10.1. The molecular weight excluding hydrogens is 797 g/mol. The number of sulfonamides is 1. The van der Waals surface area contributed by atoms with Gasteiger partial charge < -0.3 is 5.32 Å². The van der Waals surface area contributed by atoms with Crippen LogP contribution in [0.25, 0.3) is 27.5 Å². The van der Waals surface area contributed by atoms with Gasteiger partial charge >= 0.3 is 0 Å². The first-order valence-corrected chi connectivity index (χ1v) is 19.0. The van der Waals surface area contributed by atoms with E-state index in [-0.39, 0.29) is 61.7 Å². The van der Waals surface area contributed by atoms with E-state index in [1.54, 1.807) is 0 Å². The van der Waals surface area contributed by atoms with Gasteiger partial charge in [-0.15, -0.1) is 0 Å². The largest absolute Gasteiger partial charge is 0.344 e. The third-order valence-corrected chi connectivity index (χ3v) is 10.6. The normalized spacial score (nSPS) is 17.7. The Hall–Kier alpha value is -5.50. The van der Waals surface area contributed by atoms with E-state index in [2.05, 4.69) is 25.2 Å². The van der Waals surface area contributed by atoms with Crippen molar-refractivity contribution in [2.75, 3.05) is 11.0 Å². The first-order valence-electron chi connectivity index (χ1n) is 16.7. The van der Waals surface area contributed by atoms with E-state index < -0.39 is 93.5 Å². The van der Waals surface area contributed by atoms with Crippen LogP contribution in [-0.2, 0) is 40.8 Å². The summed E-state index contributed by atoms with van der Waals surface area (Å²) in [5.41, 5.74) is -3.14. The van der Waals surface area contributed by atoms with Crippen molar-refractivity contribution in [3.63, 3.8) is 0 Å². The molecule has 2 aliphatic rings. The molecule has 0 bridgehead atoms. The molecule has 1 fully saturated rings. The van der Waals surface area contributed by atoms with Crippen LogP contribution in [0.2, 0.25) is 5.02 Å². The number of anilines is 1. The van der Waals surface area contributed by atoms with Crippen LogP contribution in [0.15, 0.2) is 53.3 Å². The Morgan fingerprint density at radius 1 is 1.04 bits per heavy atom. The number of fused-ring (bicyclic) bond motifs is 5. The number of carbonyl (C=O) groups excluding carboxylic acids is 1. The van der Waals surface area contributed by atoms with Crippen molar-refractivity contribution in [2.45, 2.75) is 43.7 Å². The zero-order chi connectivity index (χ0) is 40.2. The fourth-order valence-electron chi connectivity index (χ4n) is 7.55. The molecule has 0 spiro atoms. The van der Waals surface area contributed by atoms with E-state index in [1.807, 2.05) is 0 Å². The van der Waals surface area contributed by atoms with Gasteiger partial charge in [-0.05, 0) is 54.3 Å². The summed E-state index contributed by atoms with van der Waals surface area (Å²) < 4.78 is 132. The Morgan fingerprint density at radius 3 is 2.43 bits per heavy atom. The number of aryl methyl sites for hydroxylation is 1. The molecule has 2 aliphatic carbocycles. The molecule has 1 saturated carbocycles. The van der Waals surface area contributed by atoms with Gasteiger partial charge in [-0.3, -0.25) is 28.2 Å². The van der Waals surface area contributed by atoms with Crippen LogP contribution in [0, 0.1) is 23.4 Å². The molecule has 0 saturated heterocycles. The highest BCUT2D eigenvalue weighted by Gasteiger charge is 2.67. The molecule has 8 rings (SSSR count). The Morgan fingerprint density at radius 2 is 1.75 bits per heavy atom. The Balaban J connectivity index is 1.32. The van der Waals surface area contributed by atoms with Gasteiger partial charge in [-0.25, -0.2) is 35.4 Å². The number of nitrogens with one attached hydrogen (secondary N) is 2. The van der Waals surface area contributed by atoms with Crippen molar-refractivity contribution in [1.82, 2.24) is 34.4 Å². The van der Waals surface area contributed by atoms with Crippen molar-refractivity contribution in [1.29, 1.82) is 0 Å². The number of alkyl halides is 4. The predicted octanol–water partition coefficient (Wildman–Crippen LogP) is 6.16. The van der Waals surface area contributed by atoms with Gasteiger partial charge in [-0.1, -0.05) is 11.6 Å². The van der Waals surface area contributed by atoms with Crippen molar-refractivity contribution >= 4 is 55.2 Å². The van der Waals surface area contributed by atoms with Gasteiger partial charge in [0.2, 0.25) is 15.9 Å². The lowest BCUT2D eigenvalue weighted by Crippen LogP contribution is -2.38. The first-order chi connectivity index (χ1) is 26.3. The fraction of sp³-hybridized carbons (Fsp3) is 0.286. The zero-order valence-electron chi connectivity index (χ0n) is 28.8. The third-order valence-electron chi connectivity index (χ3n) is 9.77. The quantitative estimate of drug-likeness (QED) is 0.158. The van der Waals surface area contributed by atoms with E-state index in [0.29, 0.717) is 10.7 Å². The zero-order valence-corrected chi connectivity index (χ0v) is 30.4. The molecule has 6 aromatic rings. The minimum Gasteiger partial charge on any atom is -0.344 e. The second-order valence-corrected chi connectivity index (χ2v) is 15.8. The van der Waals surface area contributed by atoms with E-state index in [4.69, 9.17) is 11.6 Å². The molecule has 12 nitrogen and oxygen atoms in total. The topological polar surface area (TPSA) is 146 Å². The number of carbonyl (C=O) groups is 1. The highest BCUT2D eigenvalue weighted by Crippen LogP contribution is 2.68. The molecule has 292 valence electrons. The summed E-state index contributed by atoms with van der Waals surface area (Å²) in [5, 5.41) is 10.3. The van der Waals surface area contributed by atoms with Gasteiger partial charge in [0.15, 0.2) is 5.82 Å². The maximum atomic E-state index is 15.4. The molecule has 1 amide bonds. The maximum absolute atomic E-state index is 15.4. The van der Waals surface area contributed by atoms with Crippen LogP contribution in [0.1, 0.15) is 53.1 Å². The molecule has 0 radical (unpaired) electrons. The van der Waals surface area contributed by atoms with Crippen molar-refractivity contribution < 1.29 is 43.9 Å². The van der Waals surface area contributed by atoms with E-state index >= 15 is 8.78 Å². The number of hydrogen-bond donors (Lipinski definition) is 2. The standard InChI is InChI=1S/C35H26ClF7N8O4S/c1-49-29-24(6-5-21(36)27(29)32(47-49)48-56(2,54)55)51-33(45-22-11-15(37)3-4-18(22)34(51)53)23(9-14-7-16(38)10-17(39)8-14)44-25(52)13-50-30-26(28(46-50)31(40)41)19-12-20(19)35(30,42)43/h3-8,10-11,19-20,23,31H,9,12-13H2,1-2H3,(H,44,52)(H,47,48)/t19-,20+,23-/m0/s1. The summed E-state index contributed by atoms with van der Waals surface area (Å²) in [6, 6.07) is 6.60. The summed E-state index contributed by atoms with van der Waals surface area (Å²) in [6.45, 7) is -1.02. The van der Waals surface area contributed by atoms with E-state index in [0.717, 1.165) is 41.2 Å². The van der Waals surface area contributed by atoms with Crippen molar-refractivity contribution in [2.24, 2.45) is 13.0 Å². The summed E-state index contributed by atoms with van der Waals surface area (Å²) in [6.07, 6.45) is -2.88.